The van der Waals surface area contributed by atoms with Gasteiger partial charge in [-0.25, -0.2) is 0 Å². The van der Waals surface area contributed by atoms with Crippen molar-refractivity contribution >= 4 is 6.29 Å². The third-order valence-corrected chi connectivity index (χ3v) is 8.44. The lowest BCUT2D eigenvalue weighted by Crippen LogP contribution is -2.51. The predicted molar refractivity (Wildman–Crippen MR) is 132 cm³/mol. The Morgan fingerprint density at radius 3 is 2.41 bits per heavy atom. The maximum absolute atomic E-state index is 12.2. The van der Waals surface area contributed by atoms with Gasteiger partial charge >= 0.3 is 0 Å². The highest BCUT2D eigenvalue weighted by Crippen LogP contribution is 2.55. The highest BCUT2D eigenvalue weighted by Gasteiger charge is 2.54. The minimum Gasteiger partial charge on any atom is -0.497 e. The van der Waals surface area contributed by atoms with Gasteiger partial charge in [-0.15, -0.1) is 0 Å². The minimum absolute atomic E-state index is 0.0648. The van der Waals surface area contributed by atoms with Crippen LogP contribution in [0.5, 0.6) is 5.75 Å². The monoisotopic (exact) mass is 470 g/mol. The Balaban J connectivity index is 1.51. The first-order chi connectivity index (χ1) is 16.4. The molecule has 1 saturated carbocycles. The van der Waals surface area contributed by atoms with Crippen LogP contribution in [0.4, 0.5) is 0 Å². The van der Waals surface area contributed by atoms with Crippen molar-refractivity contribution in [1.82, 2.24) is 0 Å². The molecule has 3 aliphatic rings. The number of hydrogen-bond acceptors (Lipinski definition) is 5. The van der Waals surface area contributed by atoms with Crippen LogP contribution in [0.3, 0.4) is 0 Å². The van der Waals surface area contributed by atoms with E-state index in [-0.39, 0.29) is 5.92 Å². The number of allylic oxidation sites excluding steroid dienone is 2. The number of benzene rings is 1. The van der Waals surface area contributed by atoms with Crippen molar-refractivity contribution in [1.29, 1.82) is 0 Å². The van der Waals surface area contributed by atoms with Gasteiger partial charge in [0.1, 0.15) is 12.0 Å². The first-order valence-corrected chi connectivity index (χ1v) is 13.0. The fourth-order valence-electron chi connectivity index (χ4n) is 6.69. The van der Waals surface area contributed by atoms with Crippen LogP contribution < -0.4 is 4.74 Å². The zero-order valence-electron chi connectivity index (χ0n) is 21.5. The normalized spacial score (nSPS) is 30.0. The van der Waals surface area contributed by atoms with E-state index in [0.717, 1.165) is 30.6 Å². The van der Waals surface area contributed by atoms with Gasteiger partial charge in [0.25, 0.3) is 0 Å². The van der Waals surface area contributed by atoms with Crippen molar-refractivity contribution in [3.63, 3.8) is 0 Å². The van der Waals surface area contributed by atoms with E-state index in [1.807, 2.05) is 12.1 Å². The molecule has 1 spiro atoms. The Hall–Kier alpha value is -1.69. The molecular formula is C29H42O5. The number of hydrogen-bond donors (Lipinski definition) is 0. The Morgan fingerprint density at radius 2 is 1.79 bits per heavy atom. The number of rotatable bonds is 9. The van der Waals surface area contributed by atoms with Gasteiger partial charge in [-0.05, 0) is 66.5 Å². The van der Waals surface area contributed by atoms with Crippen molar-refractivity contribution in [2.45, 2.75) is 59.4 Å². The van der Waals surface area contributed by atoms with Gasteiger partial charge in [0.15, 0.2) is 5.79 Å². The van der Waals surface area contributed by atoms with Crippen LogP contribution in [-0.4, -0.2) is 39.0 Å². The number of methoxy groups -OCH3 is 1. The van der Waals surface area contributed by atoms with E-state index in [1.165, 1.54) is 11.9 Å². The Labute approximate surface area is 205 Å². The van der Waals surface area contributed by atoms with Gasteiger partial charge in [0, 0.05) is 25.4 Å². The van der Waals surface area contributed by atoms with Crippen LogP contribution in [-0.2, 0) is 25.6 Å². The molecule has 1 aromatic carbocycles. The van der Waals surface area contributed by atoms with Crippen molar-refractivity contribution in [3.05, 3.63) is 41.5 Å². The van der Waals surface area contributed by atoms with Crippen LogP contribution >= 0.6 is 0 Å². The molecule has 1 saturated heterocycles. The van der Waals surface area contributed by atoms with Crippen LogP contribution in [0, 0.1) is 41.4 Å². The van der Waals surface area contributed by atoms with Crippen molar-refractivity contribution in [2.24, 2.45) is 41.4 Å². The summed E-state index contributed by atoms with van der Waals surface area (Å²) < 4.78 is 24.0. The lowest BCUT2D eigenvalue weighted by Gasteiger charge is -2.52. The smallest absolute Gasteiger partial charge is 0.169 e. The van der Waals surface area contributed by atoms with Crippen LogP contribution in [0.2, 0.25) is 0 Å². The summed E-state index contributed by atoms with van der Waals surface area (Å²) >= 11 is 0. The summed E-state index contributed by atoms with van der Waals surface area (Å²) in [7, 11) is 1.68. The molecule has 34 heavy (non-hydrogen) atoms. The van der Waals surface area contributed by atoms with Gasteiger partial charge < -0.3 is 23.7 Å². The number of carbonyl (C=O) groups is 1. The summed E-state index contributed by atoms with van der Waals surface area (Å²) in [6.45, 7) is 11.5. The van der Waals surface area contributed by atoms with Gasteiger partial charge in [0.05, 0.1) is 26.9 Å². The molecule has 0 N–H and O–H groups in total. The Kier molecular flexibility index (Phi) is 8.16. The lowest BCUT2D eigenvalue weighted by atomic mass is 9.55. The molecular weight excluding hydrogens is 428 g/mol. The second-order valence-corrected chi connectivity index (χ2v) is 11.1. The third-order valence-electron chi connectivity index (χ3n) is 8.44. The van der Waals surface area contributed by atoms with Crippen LogP contribution in [0.1, 0.15) is 52.5 Å². The topological polar surface area (TPSA) is 54.0 Å². The quantitative estimate of drug-likeness (QED) is 0.344. The molecule has 2 fully saturated rings. The number of fused-ring (bicyclic) bond motifs is 1. The number of aldehydes is 1. The van der Waals surface area contributed by atoms with Gasteiger partial charge in [-0.3, -0.25) is 0 Å². The average Bonchev–Trinajstić information content (AvgIpc) is 3.27. The van der Waals surface area contributed by atoms with Crippen molar-refractivity contribution < 1.29 is 23.7 Å². The summed E-state index contributed by atoms with van der Waals surface area (Å²) in [5.74, 6) is 2.66. The van der Waals surface area contributed by atoms with Gasteiger partial charge in [-0.2, -0.15) is 0 Å². The maximum Gasteiger partial charge on any atom is 0.169 e. The SMILES string of the molecule is COc1ccc(COC[C@@H](C)[C@@H]2CC3(C[C@H]4[C@@H]2C=C(C)C[C@H]4[C@H](C=O)C(C)C)OCCO3)cc1. The molecule has 0 unspecified atom stereocenters. The minimum atomic E-state index is -0.502. The van der Waals surface area contributed by atoms with E-state index >= 15 is 0 Å². The lowest BCUT2D eigenvalue weighted by molar-refractivity contribution is -0.219. The van der Waals surface area contributed by atoms with E-state index in [1.54, 1.807) is 7.11 Å². The number of ether oxygens (including phenoxy) is 4. The summed E-state index contributed by atoms with van der Waals surface area (Å²) in [5.41, 5.74) is 2.56. The van der Waals surface area contributed by atoms with Crippen LogP contribution in [0.25, 0.3) is 0 Å². The number of carbonyl (C=O) groups excluding carboxylic acids is 1. The molecule has 2 aliphatic carbocycles. The Bertz CT molecular complexity index is 839. The molecule has 188 valence electrons. The molecule has 1 heterocycles. The standard InChI is InChI=1S/C29H42O5/c1-19(2)28(16-30)25-13-20(3)12-24-26(14-29(15-27(24)25)33-10-11-34-29)21(4)17-32-18-22-6-8-23(31-5)9-7-22/h6-9,12,16,19,21,24-28H,10-11,13-15,17-18H2,1-5H3/t21-,24-,25-,26+,27+,28-/m1/s1. The van der Waals surface area contributed by atoms with Crippen LogP contribution in [0.15, 0.2) is 35.9 Å². The molecule has 0 amide bonds. The first kappa shape index (κ1) is 25.4. The molecule has 4 rings (SSSR count). The molecule has 0 bridgehead atoms. The van der Waals surface area contributed by atoms with E-state index in [2.05, 4.69) is 45.9 Å². The molecule has 1 aliphatic heterocycles. The Morgan fingerprint density at radius 1 is 1.09 bits per heavy atom. The van der Waals surface area contributed by atoms with Crippen molar-refractivity contribution in [3.8, 4) is 5.75 Å². The fourth-order valence-corrected chi connectivity index (χ4v) is 6.69. The van der Waals surface area contributed by atoms with Crippen molar-refractivity contribution in [2.75, 3.05) is 26.9 Å². The van der Waals surface area contributed by atoms with E-state index in [9.17, 15) is 4.79 Å². The summed E-state index contributed by atoms with van der Waals surface area (Å²) in [4.78, 5) is 12.2. The maximum atomic E-state index is 12.2. The molecule has 5 nitrogen and oxygen atoms in total. The van der Waals surface area contributed by atoms with Gasteiger partial charge in [0.2, 0.25) is 0 Å². The molecule has 0 aromatic heterocycles. The summed E-state index contributed by atoms with van der Waals surface area (Å²) in [6.07, 6.45) is 6.48. The highest BCUT2D eigenvalue weighted by atomic mass is 16.7. The first-order valence-electron chi connectivity index (χ1n) is 13.0. The fraction of sp³-hybridized carbons (Fsp3) is 0.690. The zero-order chi connectivity index (χ0) is 24.3. The van der Waals surface area contributed by atoms with E-state index in [4.69, 9.17) is 18.9 Å². The summed E-state index contributed by atoms with van der Waals surface area (Å²) in [5, 5.41) is 0. The molecule has 0 radical (unpaired) electrons. The predicted octanol–water partition coefficient (Wildman–Crippen LogP) is 5.67. The van der Waals surface area contributed by atoms with Gasteiger partial charge in [-0.1, -0.05) is 44.6 Å². The second kappa shape index (κ2) is 10.9. The van der Waals surface area contributed by atoms with E-state index < -0.39 is 5.79 Å². The largest absolute Gasteiger partial charge is 0.497 e. The van der Waals surface area contributed by atoms with E-state index in [0.29, 0.717) is 61.9 Å². The zero-order valence-corrected chi connectivity index (χ0v) is 21.5. The molecule has 6 atom stereocenters. The third kappa shape index (κ3) is 5.42. The summed E-state index contributed by atoms with van der Waals surface area (Å²) in [6, 6.07) is 8.05. The average molecular weight is 471 g/mol. The molecule has 1 aromatic rings. The molecule has 5 heteroatoms. The second-order valence-electron chi connectivity index (χ2n) is 11.1. The highest BCUT2D eigenvalue weighted by molar-refractivity contribution is 5.55.